The first-order valence-electron chi connectivity index (χ1n) is 6.31. The quantitative estimate of drug-likeness (QED) is 0.931. The normalized spacial score (nSPS) is 11.7. The van der Waals surface area contributed by atoms with E-state index in [0.717, 1.165) is 5.56 Å². The van der Waals surface area contributed by atoms with Gasteiger partial charge >= 0.3 is 0 Å². The zero-order valence-corrected chi connectivity index (χ0v) is 12.7. The number of benzene rings is 1. The number of amides is 1. The highest BCUT2D eigenvalue weighted by molar-refractivity contribution is 7.08. The largest absolute Gasteiger partial charge is 0.321 e. The number of halogens is 2. The molecule has 7 heteroatoms. The highest BCUT2D eigenvalue weighted by Crippen LogP contribution is 2.25. The second-order valence-corrected chi connectivity index (χ2v) is 6.32. The first-order valence-corrected chi connectivity index (χ1v) is 7.08. The summed E-state index contributed by atoms with van der Waals surface area (Å²) in [5, 5.41) is 5.86. The minimum Gasteiger partial charge on any atom is -0.321 e. The van der Waals surface area contributed by atoms with E-state index in [1.165, 1.54) is 0 Å². The van der Waals surface area contributed by atoms with E-state index in [1.807, 2.05) is 12.1 Å². The van der Waals surface area contributed by atoms with Crippen LogP contribution < -0.4 is 5.32 Å². The summed E-state index contributed by atoms with van der Waals surface area (Å²) in [6.07, 6.45) is -2.81. The van der Waals surface area contributed by atoms with Crippen molar-refractivity contribution in [2.24, 2.45) is 0 Å². The van der Waals surface area contributed by atoms with Crippen LogP contribution in [0.25, 0.3) is 0 Å². The van der Waals surface area contributed by atoms with Gasteiger partial charge in [0, 0.05) is 5.69 Å². The van der Waals surface area contributed by atoms with E-state index in [4.69, 9.17) is 0 Å². The number of nitrogens with zero attached hydrogens (tertiary/aromatic N) is 2. The molecule has 1 N–H and O–H groups in total. The Bertz CT molecular complexity index is 632. The van der Waals surface area contributed by atoms with Gasteiger partial charge in [-0.05, 0) is 34.6 Å². The molecule has 0 radical (unpaired) electrons. The van der Waals surface area contributed by atoms with Gasteiger partial charge in [-0.3, -0.25) is 4.79 Å². The van der Waals surface area contributed by atoms with E-state index >= 15 is 0 Å². The van der Waals surface area contributed by atoms with Gasteiger partial charge in [-0.2, -0.15) is 0 Å². The molecular formula is C14H15F2N3OS. The van der Waals surface area contributed by atoms with E-state index in [2.05, 4.69) is 35.7 Å². The first kappa shape index (κ1) is 15.5. The number of hydrogen-bond donors (Lipinski definition) is 1. The number of nitrogens with one attached hydrogen (secondary N) is 1. The van der Waals surface area contributed by atoms with Crippen LogP contribution >= 0.6 is 11.5 Å². The predicted molar refractivity (Wildman–Crippen MR) is 78.0 cm³/mol. The lowest BCUT2D eigenvalue weighted by Crippen LogP contribution is -2.14. The first-order chi connectivity index (χ1) is 9.79. The fourth-order valence-electron chi connectivity index (χ4n) is 1.74. The fraction of sp³-hybridized carbons (Fsp3) is 0.357. The summed E-state index contributed by atoms with van der Waals surface area (Å²) >= 11 is 0.659. The van der Waals surface area contributed by atoms with Crippen molar-refractivity contribution in [2.75, 3.05) is 5.32 Å². The third kappa shape index (κ3) is 3.60. The van der Waals surface area contributed by atoms with E-state index in [9.17, 15) is 13.6 Å². The summed E-state index contributed by atoms with van der Waals surface area (Å²) in [5.74, 6) is -0.621. The average molecular weight is 311 g/mol. The van der Waals surface area contributed by atoms with Crippen LogP contribution in [0.15, 0.2) is 24.3 Å². The lowest BCUT2D eigenvalue weighted by Gasteiger charge is -2.19. The molecule has 21 heavy (non-hydrogen) atoms. The predicted octanol–water partition coefficient (Wildman–Crippen LogP) is 4.03. The summed E-state index contributed by atoms with van der Waals surface area (Å²) in [5.41, 5.74) is 1.09. The molecule has 2 rings (SSSR count). The molecule has 0 spiro atoms. The molecule has 1 aromatic carbocycles. The zero-order chi connectivity index (χ0) is 15.6. The molecule has 0 aliphatic carbocycles. The van der Waals surface area contributed by atoms with Crippen LogP contribution in [0.2, 0.25) is 0 Å². The van der Waals surface area contributed by atoms with Crippen LogP contribution in [0.5, 0.6) is 0 Å². The van der Waals surface area contributed by atoms with Gasteiger partial charge in [0.1, 0.15) is 4.88 Å². The molecule has 0 atom stereocenters. The molecule has 0 saturated carbocycles. The molecule has 4 nitrogen and oxygen atoms in total. The van der Waals surface area contributed by atoms with Gasteiger partial charge in [-0.25, -0.2) is 8.78 Å². The van der Waals surface area contributed by atoms with Crippen LogP contribution in [-0.2, 0) is 5.41 Å². The molecule has 0 aliphatic heterocycles. The number of anilines is 1. The van der Waals surface area contributed by atoms with E-state index in [0.29, 0.717) is 17.2 Å². The van der Waals surface area contributed by atoms with E-state index in [1.54, 1.807) is 12.1 Å². The van der Waals surface area contributed by atoms with Crippen LogP contribution in [0, 0.1) is 0 Å². The fourth-order valence-corrected chi connectivity index (χ4v) is 2.31. The Morgan fingerprint density at radius 2 is 1.86 bits per heavy atom. The maximum Gasteiger partial charge on any atom is 0.283 e. The maximum atomic E-state index is 12.7. The summed E-state index contributed by atoms with van der Waals surface area (Å²) in [7, 11) is 0. The Morgan fingerprint density at radius 3 is 2.38 bits per heavy atom. The lowest BCUT2D eigenvalue weighted by atomic mass is 9.87. The Kier molecular flexibility index (Phi) is 4.32. The van der Waals surface area contributed by atoms with Crippen molar-refractivity contribution in [3.8, 4) is 0 Å². The molecule has 0 unspecified atom stereocenters. The highest BCUT2D eigenvalue weighted by atomic mass is 32.1. The van der Waals surface area contributed by atoms with Crippen LogP contribution in [0.3, 0.4) is 0 Å². The highest BCUT2D eigenvalue weighted by Gasteiger charge is 2.23. The van der Waals surface area contributed by atoms with E-state index < -0.39 is 18.0 Å². The number of rotatable bonds is 3. The molecule has 1 heterocycles. The molecule has 1 amide bonds. The summed E-state index contributed by atoms with van der Waals surface area (Å²) in [6.45, 7) is 6.25. The van der Waals surface area contributed by atoms with Gasteiger partial charge in [0.2, 0.25) is 0 Å². The monoisotopic (exact) mass is 311 g/mol. The summed E-state index contributed by atoms with van der Waals surface area (Å²) in [6, 6.07) is 7.28. The smallest absolute Gasteiger partial charge is 0.283 e. The molecule has 0 fully saturated rings. The van der Waals surface area contributed by atoms with Crippen LogP contribution in [0.1, 0.15) is 48.1 Å². The molecule has 0 aliphatic rings. The summed E-state index contributed by atoms with van der Waals surface area (Å²) < 4.78 is 28.7. The maximum absolute atomic E-state index is 12.7. The van der Waals surface area contributed by atoms with Crippen molar-refractivity contribution in [1.29, 1.82) is 0 Å². The second-order valence-electron chi connectivity index (χ2n) is 5.57. The second kappa shape index (κ2) is 5.85. The number of carbonyl (C=O) groups excluding carboxylic acids is 1. The van der Waals surface area contributed by atoms with E-state index in [-0.39, 0.29) is 10.3 Å². The topological polar surface area (TPSA) is 54.9 Å². The van der Waals surface area contributed by atoms with Gasteiger partial charge in [0.25, 0.3) is 12.3 Å². The van der Waals surface area contributed by atoms with Crippen LogP contribution in [-0.4, -0.2) is 15.5 Å². The number of alkyl halides is 2. The van der Waals surface area contributed by atoms with Gasteiger partial charge in [-0.1, -0.05) is 37.4 Å². The standard InChI is InChI=1S/C14H15F2N3OS/c1-14(2,3)8-4-6-9(7-5-8)17-13(20)11-10(12(15)16)18-19-21-11/h4-7,12H,1-3H3,(H,17,20). The van der Waals surface area contributed by atoms with Gasteiger partial charge < -0.3 is 5.32 Å². The minimum absolute atomic E-state index is 0.00692. The Hall–Kier alpha value is -1.89. The number of carbonyl (C=O) groups is 1. The molecule has 2 aromatic rings. The van der Waals surface area contributed by atoms with Gasteiger partial charge in [0.15, 0.2) is 5.69 Å². The van der Waals surface area contributed by atoms with Crippen molar-refractivity contribution in [1.82, 2.24) is 9.59 Å². The van der Waals surface area contributed by atoms with Gasteiger partial charge in [0.05, 0.1) is 0 Å². The third-order valence-corrected chi connectivity index (χ3v) is 3.68. The number of aromatic nitrogens is 2. The zero-order valence-electron chi connectivity index (χ0n) is 11.9. The van der Waals surface area contributed by atoms with Crippen molar-refractivity contribution in [2.45, 2.75) is 32.6 Å². The van der Waals surface area contributed by atoms with Crippen molar-refractivity contribution in [3.63, 3.8) is 0 Å². The molecular weight excluding hydrogens is 296 g/mol. The van der Waals surface area contributed by atoms with Gasteiger partial charge in [-0.15, -0.1) is 5.10 Å². The molecule has 112 valence electrons. The molecule has 0 bridgehead atoms. The Balaban J connectivity index is 2.15. The SMILES string of the molecule is CC(C)(C)c1ccc(NC(=O)c2snnc2C(F)F)cc1. The Labute approximate surface area is 125 Å². The van der Waals surface area contributed by atoms with Crippen molar-refractivity contribution < 1.29 is 13.6 Å². The summed E-state index contributed by atoms with van der Waals surface area (Å²) in [4.78, 5) is 11.8. The van der Waals surface area contributed by atoms with Crippen molar-refractivity contribution in [3.05, 3.63) is 40.4 Å². The average Bonchev–Trinajstić information content (AvgIpc) is 2.87. The van der Waals surface area contributed by atoms with Crippen molar-refractivity contribution >= 4 is 23.1 Å². The minimum atomic E-state index is -2.81. The Morgan fingerprint density at radius 1 is 1.24 bits per heavy atom. The number of hydrogen-bond acceptors (Lipinski definition) is 4. The molecule has 0 saturated heterocycles. The third-order valence-electron chi connectivity index (χ3n) is 2.94. The lowest BCUT2D eigenvalue weighted by molar-refractivity contribution is 0.101. The molecule has 1 aromatic heterocycles. The van der Waals surface area contributed by atoms with Crippen LogP contribution in [0.4, 0.5) is 14.5 Å².